The van der Waals surface area contributed by atoms with Gasteiger partial charge in [0.1, 0.15) is 5.69 Å². The van der Waals surface area contributed by atoms with E-state index < -0.39 is 0 Å². The fraction of sp³-hybridized carbons (Fsp3) is 0.211. The zero-order valence-corrected chi connectivity index (χ0v) is 13.2. The molecule has 0 saturated carbocycles. The summed E-state index contributed by atoms with van der Waals surface area (Å²) in [6.45, 7) is 2.09. The lowest BCUT2D eigenvalue weighted by molar-refractivity contribution is 0.271. The minimum absolute atomic E-state index is 0.125. The second-order valence-corrected chi connectivity index (χ2v) is 5.60. The van der Waals surface area contributed by atoms with Crippen LogP contribution < -0.4 is 0 Å². The molecular weight excluding hydrogens is 272 g/mol. The molecule has 2 aromatic carbocycles. The molecule has 3 aromatic rings. The number of aromatic nitrogens is 1. The Balaban J connectivity index is 2.15. The van der Waals surface area contributed by atoms with Crippen LogP contribution in [0.1, 0.15) is 18.9 Å². The van der Waals surface area contributed by atoms with Crippen molar-refractivity contribution in [3.8, 4) is 22.6 Å². The molecule has 3 rings (SSSR count). The first-order chi connectivity index (χ1) is 10.7. The topological polar surface area (TPSA) is 29.3 Å². The van der Waals surface area contributed by atoms with Gasteiger partial charge in [-0.3, -0.25) is 4.90 Å². The standard InChI is InChI=1S/C19H20N2O/c1-14(21(2)3)19-20-17(15-10-6-4-7-11-15)18(22-19)16-12-8-5-9-13-16/h4-14H,1-3H3. The van der Waals surface area contributed by atoms with Gasteiger partial charge in [-0.2, -0.15) is 0 Å². The number of hydrogen-bond donors (Lipinski definition) is 0. The van der Waals surface area contributed by atoms with Gasteiger partial charge in [0, 0.05) is 11.1 Å². The molecule has 3 nitrogen and oxygen atoms in total. The van der Waals surface area contributed by atoms with Crippen molar-refractivity contribution in [1.82, 2.24) is 9.88 Å². The maximum absolute atomic E-state index is 6.13. The zero-order chi connectivity index (χ0) is 15.5. The molecule has 3 heteroatoms. The Morgan fingerprint density at radius 1 is 0.864 bits per heavy atom. The van der Waals surface area contributed by atoms with Crippen LogP contribution in [0.5, 0.6) is 0 Å². The lowest BCUT2D eigenvalue weighted by Gasteiger charge is -2.15. The zero-order valence-electron chi connectivity index (χ0n) is 13.2. The summed E-state index contributed by atoms with van der Waals surface area (Å²) in [6.07, 6.45) is 0. The van der Waals surface area contributed by atoms with Gasteiger partial charge in [-0.15, -0.1) is 0 Å². The predicted molar refractivity (Wildman–Crippen MR) is 89.5 cm³/mol. The van der Waals surface area contributed by atoms with Crippen LogP contribution in [0.25, 0.3) is 22.6 Å². The van der Waals surface area contributed by atoms with Crippen molar-refractivity contribution in [1.29, 1.82) is 0 Å². The summed E-state index contributed by atoms with van der Waals surface area (Å²) in [6, 6.07) is 20.4. The van der Waals surface area contributed by atoms with Crippen LogP contribution in [0.4, 0.5) is 0 Å². The van der Waals surface area contributed by atoms with E-state index in [-0.39, 0.29) is 6.04 Å². The molecule has 112 valence electrons. The summed E-state index contributed by atoms with van der Waals surface area (Å²) in [5, 5.41) is 0. The minimum Gasteiger partial charge on any atom is -0.438 e. The van der Waals surface area contributed by atoms with E-state index in [0.717, 1.165) is 28.5 Å². The average Bonchev–Trinajstić information content (AvgIpc) is 3.01. The van der Waals surface area contributed by atoms with Crippen LogP contribution >= 0.6 is 0 Å². The molecule has 0 amide bonds. The molecule has 0 aliphatic carbocycles. The van der Waals surface area contributed by atoms with Crippen molar-refractivity contribution >= 4 is 0 Å². The summed E-state index contributed by atoms with van der Waals surface area (Å²) < 4.78 is 6.13. The molecule has 0 aliphatic heterocycles. The molecule has 0 bridgehead atoms. The molecule has 0 spiro atoms. The van der Waals surface area contributed by atoms with E-state index in [4.69, 9.17) is 9.40 Å². The van der Waals surface area contributed by atoms with Crippen LogP contribution in [0, 0.1) is 0 Å². The van der Waals surface area contributed by atoms with E-state index >= 15 is 0 Å². The van der Waals surface area contributed by atoms with Gasteiger partial charge in [-0.05, 0) is 21.0 Å². The predicted octanol–water partition coefficient (Wildman–Crippen LogP) is 4.63. The van der Waals surface area contributed by atoms with Crippen LogP contribution in [0.15, 0.2) is 65.1 Å². The molecule has 0 saturated heterocycles. The lowest BCUT2D eigenvalue weighted by atomic mass is 10.1. The van der Waals surface area contributed by atoms with Gasteiger partial charge in [0.25, 0.3) is 0 Å². The monoisotopic (exact) mass is 292 g/mol. The average molecular weight is 292 g/mol. The first-order valence-corrected chi connectivity index (χ1v) is 7.45. The lowest BCUT2D eigenvalue weighted by Crippen LogP contribution is -2.16. The van der Waals surface area contributed by atoms with E-state index in [1.54, 1.807) is 0 Å². The molecule has 0 N–H and O–H groups in total. The summed E-state index contributed by atoms with van der Waals surface area (Å²) in [4.78, 5) is 6.86. The van der Waals surface area contributed by atoms with Crippen LogP contribution in [-0.2, 0) is 0 Å². The van der Waals surface area contributed by atoms with Crippen LogP contribution in [0.3, 0.4) is 0 Å². The molecule has 0 fully saturated rings. The highest BCUT2D eigenvalue weighted by molar-refractivity contribution is 5.76. The largest absolute Gasteiger partial charge is 0.438 e. The second kappa shape index (κ2) is 6.16. The highest BCUT2D eigenvalue weighted by Crippen LogP contribution is 2.34. The smallest absolute Gasteiger partial charge is 0.212 e. The minimum atomic E-state index is 0.125. The van der Waals surface area contributed by atoms with Crippen LogP contribution in [-0.4, -0.2) is 24.0 Å². The quantitative estimate of drug-likeness (QED) is 0.702. The van der Waals surface area contributed by atoms with Crippen molar-refractivity contribution in [3.05, 3.63) is 66.6 Å². The Hall–Kier alpha value is -2.39. The number of benzene rings is 2. The maximum Gasteiger partial charge on any atom is 0.212 e. The SMILES string of the molecule is CC(c1nc(-c2ccccc2)c(-c2ccccc2)o1)N(C)C. The summed E-state index contributed by atoms with van der Waals surface area (Å²) in [7, 11) is 4.05. The summed E-state index contributed by atoms with van der Waals surface area (Å²) in [5.74, 6) is 1.57. The number of hydrogen-bond acceptors (Lipinski definition) is 3. The van der Waals surface area contributed by atoms with E-state index in [2.05, 4.69) is 36.1 Å². The maximum atomic E-state index is 6.13. The van der Waals surface area contributed by atoms with Crippen molar-refractivity contribution in [2.45, 2.75) is 13.0 Å². The van der Waals surface area contributed by atoms with E-state index in [1.165, 1.54) is 0 Å². The third-order valence-electron chi connectivity index (χ3n) is 3.86. The van der Waals surface area contributed by atoms with Gasteiger partial charge in [-0.1, -0.05) is 60.7 Å². The highest BCUT2D eigenvalue weighted by atomic mass is 16.4. The fourth-order valence-electron chi connectivity index (χ4n) is 2.31. The Morgan fingerprint density at radius 3 is 1.95 bits per heavy atom. The molecule has 1 heterocycles. The molecule has 0 radical (unpaired) electrons. The molecule has 1 atom stereocenters. The van der Waals surface area contributed by atoms with E-state index in [9.17, 15) is 0 Å². The number of nitrogens with zero attached hydrogens (tertiary/aromatic N) is 2. The van der Waals surface area contributed by atoms with Gasteiger partial charge >= 0.3 is 0 Å². The third-order valence-corrected chi connectivity index (χ3v) is 3.86. The van der Waals surface area contributed by atoms with Crippen LogP contribution in [0.2, 0.25) is 0 Å². The van der Waals surface area contributed by atoms with Crippen molar-refractivity contribution in [2.75, 3.05) is 14.1 Å². The molecule has 1 aromatic heterocycles. The third kappa shape index (κ3) is 2.81. The fourth-order valence-corrected chi connectivity index (χ4v) is 2.31. The van der Waals surface area contributed by atoms with Gasteiger partial charge in [-0.25, -0.2) is 4.98 Å². The number of rotatable bonds is 4. The normalized spacial score (nSPS) is 12.5. The first-order valence-electron chi connectivity index (χ1n) is 7.45. The molecule has 0 aliphatic rings. The Labute approximate surface area is 131 Å². The summed E-state index contributed by atoms with van der Waals surface area (Å²) >= 11 is 0. The molecule has 1 unspecified atom stereocenters. The highest BCUT2D eigenvalue weighted by Gasteiger charge is 2.21. The Kier molecular flexibility index (Phi) is 4.07. The Morgan fingerprint density at radius 2 is 1.41 bits per heavy atom. The van der Waals surface area contributed by atoms with Gasteiger partial charge in [0.15, 0.2) is 5.76 Å². The van der Waals surface area contributed by atoms with Crippen molar-refractivity contribution < 1.29 is 4.42 Å². The number of oxazole rings is 1. The Bertz CT molecular complexity index is 676. The van der Waals surface area contributed by atoms with Gasteiger partial charge in [0.2, 0.25) is 5.89 Å². The van der Waals surface area contributed by atoms with Gasteiger partial charge < -0.3 is 4.42 Å². The van der Waals surface area contributed by atoms with E-state index in [0.29, 0.717) is 0 Å². The van der Waals surface area contributed by atoms with Crippen molar-refractivity contribution in [3.63, 3.8) is 0 Å². The summed E-state index contributed by atoms with van der Waals surface area (Å²) in [5.41, 5.74) is 3.02. The second-order valence-electron chi connectivity index (χ2n) is 5.60. The van der Waals surface area contributed by atoms with E-state index in [1.807, 2.05) is 50.5 Å². The molecule has 22 heavy (non-hydrogen) atoms. The first kappa shape index (κ1) is 14.5. The van der Waals surface area contributed by atoms with Crippen molar-refractivity contribution in [2.24, 2.45) is 0 Å². The van der Waals surface area contributed by atoms with Gasteiger partial charge in [0.05, 0.1) is 6.04 Å². The molecular formula is C19H20N2O.